The summed E-state index contributed by atoms with van der Waals surface area (Å²) in [6, 6.07) is 0.292. The second kappa shape index (κ2) is 6.89. The third-order valence-electron chi connectivity index (χ3n) is 3.63. The van der Waals surface area contributed by atoms with Crippen molar-refractivity contribution in [2.24, 2.45) is 11.8 Å². The molecule has 1 rings (SSSR count). The lowest BCUT2D eigenvalue weighted by molar-refractivity contribution is -0.122. The van der Waals surface area contributed by atoms with Gasteiger partial charge in [0.15, 0.2) is 0 Å². The van der Waals surface area contributed by atoms with Gasteiger partial charge in [0, 0.05) is 12.5 Å². The first kappa shape index (κ1) is 13.5. The number of amides is 1. The Balaban J connectivity index is 2.14. The molecule has 1 saturated heterocycles. The van der Waals surface area contributed by atoms with Gasteiger partial charge in [0.05, 0.1) is 0 Å². The van der Waals surface area contributed by atoms with Crippen LogP contribution >= 0.6 is 0 Å². The van der Waals surface area contributed by atoms with E-state index in [1.165, 1.54) is 12.8 Å². The van der Waals surface area contributed by atoms with Crippen molar-refractivity contribution in [3.8, 4) is 0 Å². The summed E-state index contributed by atoms with van der Waals surface area (Å²) in [6.07, 6.45) is 4.21. The Morgan fingerprint density at radius 1 is 1.31 bits per heavy atom. The van der Waals surface area contributed by atoms with E-state index in [9.17, 15) is 4.79 Å². The van der Waals surface area contributed by atoms with E-state index in [-0.39, 0.29) is 5.91 Å². The molecule has 94 valence electrons. The maximum absolute atomic E-state index is 11.7. The van der Waals surface area contributed by atoms with Gasteiger partial charge in [-0.1, -0.05) is 13.8 Å². The molecule has 1 heterocycles. The first-order chi connectivity index (χ1) is 7.59. The van der Waals surface area contributed by atoms with Crippen LogP contribution in [0, 0.1) is 11.8 Å². The Kier molecular flexibility index (Phi) is 5.81. The van der Waals surface area contributed by atoms with Gasteiger partial charge in [-0.3, -0.25) is 4.79 Å². The van der Waals surface area contributed by atoms with Crippen molar-refractivity contribution in [1.82, 2.24) is 10.6 Å². The van der Waals surface area contributed by atoms with E-state index >= 15 is 0 Å². The molecule has 1 fully saturated rings. The normalized spacial score (nSPS) is 19.8. The summed E-state index contributed by atoms with van der Waals surface area (Å²) >= 11 is 0. The van der Waals surface area contributed by atoms with Crippen LogP contribution in [0.1, 0.15) is 46.5 Å². The molecule has 0 saturated carbocycles. The number of piperidine rings is 1. The molecular formula is C13H26N2O. The van der Waals surface area contributed by atoms with E-state index in [2.05, 4.69) is 31.4 Å². The molecule has 1 aliphatic rings. The molecule has 1 aliphatic heterocycles. The maximum atomic E-state index is 11.7. The Morgan fingerprint density at radius 3 is 2.50 bits per heavy atom. The summed E-state index contributed by atoms with van der Waals surface area (Å²) in [5, 5.41) is 6.41. The molecule has 1 unspecified atom stereocenters. The minimum atomic E-state index is 0.222. The fraction of sp³-hybridized carbons (Fsp3) is 0.923. The van der Waals surface area contributed by atoms with Gasteiger partial charge in [0.25, 0.3) is 0 Å². The van der Waals surface area contributed by atoms with E-state index in [0.717, 1.165) is 25.4 Å². The lowest BCUT2D eigenvalue weighted by atomic mass is 9.93. The highest BCUT2D eigenvalue weighted by Gasteiger charge is 2.15. The van der Waals surface area contributed by atoms with Gasteiger partial charge in [0.1, 0.15) is 0 Å². The summed E-state index contributed by atoms with van der Waals surface area (Å²) in [7, 11) is 0. The van der Waals surface area contributed by atoms with E-state index in [4.69, 9.17) is 0 Å². The number of hydrogen-bond acceptors (Lipinski definition) is 2. The zero-order chi connectivity index (χ0) is 12.0. The van der Waals surface area contributed by atoms with Gasteiger partial charge in [0.2, 0.25) is 5.91 Å². The van der Waals surface area contributed by atoms with Crippen molar-refractivity contribution in [1.29, 1.82) is 0 Å². The highest BCUT2D eigenvalue weighted by atomic mass is 16.1. The topological polar surface area (TPSA) is 41.1 Å². The molecule has 0 aromatic carbocycles. The van der Waals surface area contributed by atoms with Crippen LogP contribution in [0.15, 0.2) is 0 Å². The molecule has 1 atom stereocenters. The average Bonchev–Trinajstić information content (AvgIpc) is 2.27. The van der Waals surface area contributed by atoms with E-state index < -0.39 is 0 Å². The fourth-order valence-electron chi connectivity index (χ4n) is 2.00. The Bertz CT molecular complexity index is 210. The van der Waals surface area contributed by atoms with Gasteiger partial charge in [-0.05, 0) is 51.1 Å². The molecule has 0 spiro atoms. The molecule has 3 heteroatoms. The van der Waals surface area contributed by atoms with Crippen molar-refractivity contribution >= 4 is 5.91 Å². The second-order valence-corrected chi connectivity index (χ2v) is 5.33. The van der Waals surface area contributed by atoms with Crippen molar-refractivity contribution in [3.05, 3.63) is 0 Å². The number of carbonyl (C=O) groups is 1. The smallest absolute Gasteiger partial charge is 0.220 e. The van der Waals surface area contributed by atoms with Crippen LogP contribution in [0.4, 0.5) is 0 Å². The standard InChI is InChI=1S/C13H26N2O/c1-10(2)11(3)15-13(16)5-4-12-6-8-14-9-7-12/h10-12,14H,4-9H2,1-3H3,(H,15,16). The molecule has 0 aliphatic carbocycles. The lowest BCUT2D eigenvalue weighted by Gasteiger charge is -2.23. The zero-order valence-corrected chi connectivity index (χ0v) is 10.9. The molecule has 16 heavy (non-hydrogen) atoms. The first-order valence-electron chi connectivity index (χ1n) is 6.59. The monoisotopic (exact) mass is 226 g/mol. The number of rotatable bonds is 5. The minimum absolute atomic E-state index is 0.222. The number of hydrogen-bond donors (Lipinski definition) is 2. The fourth-order valence-corrected chi connectivity index (χ4v) is 2.00. The highest BCUT2D eigenvalue weighted by molar-refractivity contribution is 5.76. The lowest BCUT2D eigenvalue weighted by Crippen LogP contribution is -2.36. The number of nitrogens with one attached hydrogen (secondary N) is 2. The predicted molar refractivity (Wildman–Crippen MR) is 67.3 cm³/mol. The van der Waals surface area contributed by atoms with Crippen LogP contribution in [-0.4, -0.2) is 25.0 Å². The first-order valence-corrected chi connectivity index (χ1v) is 6.59. The van der Waals surface area contributed by atoms with Gasteiger partial charge in [-0.2, -0.15) is 0 Å². The summed E-state index contributed by atoms with van der Waals surface area (Å²) < 4.78 is 0. The Labute approximate surface area is 99.4 Å². The second-order valence-electron chi connectivity index (χ2n) is 5.33. The van der Waals surface area contributed by atoms with Gasteiger partial charge >= 0.3 is 0 Å². The quantitative estimate of drug-likeness (QED) is 0.752. The third kappa shape index (κ3) is 4.97. The molecule has 0 radical (unpaired) electrons. The van der Waals surface area contributed by atoms with Crippen LogP contribution in [0.25, 0.3) is 0 Å². The molecule has 1 amide bonds. The van der Waals surface area contributed by atoms with Crippen LogP contribution in [0.3, 0.4) is 0 Å². The van der Waals surface area contributed by atoms with Gasteiger partial charge < -0.3 is 10.6 Å². The molecule has 2 N–H and O–H groups in total. The summed E-state index contributed by atoms with van der Waals surface area (Å²) in [5.41, 5.74) is 0. The summed E-state index contributed by atoms with van der Waals surface area (Å²) in [6.45, 7) is 8.59. The minimum Gasteiger partial charge on any atom is -0.353 e. The summed E-state index contributed by atoms with van der Waals surface area (Å²) in [5.74, 6) is 1.49. The van der Waals surface area contributed by atoms with Crippen molar-refractivity contribution in [2.75, 3.05) is 13.1 Å². The van der Waals surface area contributed by atoms with E-state index in [1.807, 2.05) is 0 Å². The molecule has 3 nitrogen and oxygen atoms in total. The van der Waals surface area contributed by atoms with E-state index in [1.54, 1.807) is 0 Å². The van der Waals surface area contributed by atoms with Crippen LogP contribution in [0.5, 0.6) is 0 Å². The van der Waals surface area contributed by atoms with E-state index in [0.29, 0.717) is 18.4 Å². The van der Waals surface area contributed by atoms with Crippen molar-refractivity contribution in [3.63, 3.8) is 0 Å². The zero-order valence-electron chi connectivity index (χ0n) is 10.9. The number of carbonyl (C=O) groups excluding carboxylic acids is 1. The van der Waals surface area contributed by atoms with Crippen molar-refractivity contribution < 1.29 is 4.79 Å². The maximum Gasteiger partial charge on any atom is 0.220 e. The van der Waals surface area contributed by atoms with Crippen LogP contribution in [-0.2, 0) is 4.79 Å². The summed E-state index contributed by atoms with van der Waals surface area (Å²) in [4.78, 5) is 11.7. The Morgan fingerprint density at radius 2 is 1.94 bits per heavy atom. The third-order valence-corrected chi connectivity index (χ3v) is 3.63. The van der Waals surface area contributed by atoms with Crippen LogP contribution < -0.4 is 10.6 Å². The highest BCUT2D eigenvalue weighted by Crippen LogP contribution is 2.17. The molecule has 0 aromatic heterocycles. The molecular weight excluding hydrogens is 200 g/mol. The van der Waals surface area contributed by atoms with Gasteiger partial charge in [-0.15, -0.1) is 0 Å². The van der Waals surface area contributed by atoms with Crippen molar-refractivity contribution in [2.45, 2.75) is 52.5 Å². The predicted octanol–water partition coefficient (Wildman–Crippen LogP) is 1.93. The molecule has 0 aromatic rings. The van der Waals surface area contributed by atoms with Gasteiger partial charge in [-0.25, -0.2) is 0 Å². The molecule has 0 bridgehead atoms. The Hall–Kier alpha value is -0.570. The largest absolute Gasteiger partial charge is 0.353 e. The SMILES string of the molecule is CC(C)C(C)NC(=O)CCC1CCNCC1. The average molecular weight is 226 g/mol. The van der Waals surface area contributed by atoms with Crippen LogP contribution in [0.2, 0.25) is 0 Å².